The lowest BCUT2D eigenvalue weighted by Gasteiger charge is -2.07. The van der Waals surface area contributed by atoms with Gasteiger partial charge in [0.2, 0.25) is 0 Å². The molecule has 3 nitrogen and oxygen atoms in total. The molecule has 2 rings (SSSR count). The Morgan fingerprint density at radius 2 is 1.09 bits per heavy atom. The Balaban J connectivity index is 1.43. The Morgan fingerprint density at radius 3 is 1.61 bits per heavy atom. The van der Waals surface area contributed by atoms with Crippen molar-refractivity contribution in [2.45, 2.75) is 32.1 Å². The minimum Gasteiger partial charge on any atom is -0.494 e. The number of unbranched alkanes of at least 4 members (excludes halogenated alkanes) is 4. The molecule has 0 radical (unpaired) electrons. The summed E-state index contributed by atoms with van der Waals surface area (Å²) in [6.45, 7) is 1.56. The predicted molar refractivity (Wildman–Crippen MR) is 104 cm³/mol. The van der Waals surface area contributed by atoms with Gasteiger partial charge in [-0.2, -0.15) is 0 Å². The van der Waals surface area contributed by atoms with Crippen LogP contribution >= 0.6 is 22.6 Å². The van der Waals surface area contributed by atoms with Crippen LogP contribution in [0.5, 0.6) is 11.5 Å². The lowest BCUT2D eigenvalue weighted by atomic mass is 10.1. The van der Waals surface area contributed by atoms with Crippen molar-refractivity contribution in [3.8, 4) is 11.5 Å². The van der Waals surface area contributed by atoms with Gasteiger partial charge in [0.15, 0.2) is 0 Å². The van der Waals surface area contributed by atoms with Crippen LogP contribution in [0, 0.1) is 3.57 Å². The molecule has 23 heavy (non-hydrogen) atoms. The summed E-state index contributed by atoms with van der Waals surface area (Å²) < 4.78 is 12.6. The SMILES string of the molecule is Nc1ccc(OCCCCCCCOc2ccc(I)cc2)cc1. The van der Waals surface area contributed by atoms with Crippen LogP contribution in [0.2, 0.25) is 0 Å². The number of ether oxygens (including phenoxy) is 2. The third-order valence-electron chi connectivity index (χ3n) is 3.52. The van der Waals surface area contributed by atoms with Crippen molar-refractivity contribution in [3.05, 3.63) is 52.1 Å². The van der Waals surface area contributed by atoms with Crippen LogP contribution in [0.1, 0.15) is 32.1 Å². The second-order valence-electron chi connectivity index (χ2n) is 5.49. The molecule has 0 bridgehead atoms. The quantitative estimate of drug-likeness (QED) is 0.320. The molecule has 0 fully saturated rings. The molecule has 4 heteroatoms. The number of rotatable bonds is 10. The second-order valence-corrected chi connectivity index (χ2v) is 6.73. The number of hydrogen-bond donors (Lipinski definition) is 1. The summed E-state index contributed by atoms with van der Waals surface area (Å²) in [5.41, 5.74) is 6.41. The topological polar surface area (TPSA) is 44.5 Å². The van der Waals surface area contributed by atoms with Crippen molar-refractivity contribution in [2.75, 3.05) is 18.9 Å². The first-order chi connectivity index (χ1) is 11.2. The van der Waals surface area contributed by atoms with E-state index in [0.29, 0.717) is 0 Å². The van der Waals surface area contributed by atoms with Crippen LogP contribution in [0.25, 0.3) is 0 Å². The van der Waals surface area contributed by atoms with E-state index in [1.54, 1.807) is 0 Å². The van der Waals surface area contributed by atoms with Crippen molar-refractivity contribution in [1.29, 1.82) is 0 Å². The van der Waals surface area contributed by atoms with Gasteiger partial charge in [-0.15, -0.1) is 0 Å². The highest BCUT2D eigenvalue weighted by Crippen LogP contribution is 2.15. The highest BCUT2D eigenvalue weighted by Gasteiger charge is 1.96. The minimum absolute atomic E-state index is 0.767. The van der Waals surface area contributed by atoms with E-state index in [9.17, 15) is 0 Å². The van der Waals surface area contributed by atoms with Gasteiger partial charge in [0.25, 0.3) is 0 Å². The highest BCUT2D eigenvalue weighted by atomic mass is 127. The van der Waals surface area contributed by atoms with Gasteiger partial charge in [0.1, 0.15) is 11.5 Å². The molecular weight excluding hydrogens is 401 g/mol. The van der Waals surface area contributed by atoms with E-state index in [1.165, 1.54) is 22.8 Å². The van der Waals surface area contributed by atoms with Crippen molar-refractivity contribution in [2.24, 2.45) is 0 Å². The molecule has 0 aliphatic heterocycles. The molecule has 0 saturated carbocycles. The molecule has 0 spiro atoms. The van der Waals surface area contributed by atoms with Gasteiger partial charge < -0.3 is 15.2 Å². The third kappa shape index (κ3) is 7.59. The summed E-state index contributed by atoms with van der Waals surface area (Å²) in [5, 5.41) is 0. The van der Waals surface area contributed by atoms with E-state index >= 15 is 0 Å². The molecule has 0 amide bonds. The van der Waals surface area contributed by atoms with Crippen LogP contribution in [0.4, 0.5) is 5.69 Å². The average molecular weight is 425 g/mol. The van der Waals surface area contributed by atoms with Crippen LogP contribution < -0.4 is 15.2 Å². The second kappa shape index (κ2) is 10.4. The zero-order valence-electron chi connectivity index (χ0n) is 13.3. The van der Waals surface area contributed by atoms with Gasteiger partial charge in [-0.05, 0) is 84.0 Å². The number of hydrogen-bond acceptors (Lipinski definition) is 3. The fourth-order valence-electron chi connectivity index (χ4n) is 2.21. The number of anilines is 1. The number of nitrogens with two attached hydrogens (primary N) is 1. The van der Waals surface area contributed by atoms with E-state index < -0.39 is 0 Å². The Kier molecular flexibility index (Phi) is 8.07. The molecule has 0 aromatic heterocycles. The van der Waals surface area contributed by atoms with E-state index in [4.69, 9.17) is 15.2 Å². The fraction of sp³-hybridized carbons (Fsp3) is 0.368. The van der Waals surface area contributed by atoms with Gasteiger partial charge >= 0.3 is 0 Å². The van der Waals surface area contributed by atoms with Gasteiger partial charge in [0.05, 0.1) is 13.2 Å². The minimum atomic E-state index is 0.767. The number of nitrogen functional groups attached to an aromatic ring is 1. The molecule has 0 aliphatic carbocycles. The summed E-state index contributed by atoms with van der Waals surface area (Å²) in [5.74, 6) is 1.85. The standard InChI is InChI=1S/C19H24INO2/c20-16-6-10-18(11-7-16)22-14-4-2-1-3-5-15-23-19-12-8-17(21)9-13-19/h6-13H,1-5,14-15,21H2. The van der Waals surface area contributed by atoms with Crippen LogP contribution in [-0.2, 0) is 0 Å². The predicted octanol–water partition coefficient (Wildman–Crippen LogP) is 5.28. The third-order valence-corrected chi connectivity index (χ3v) is 4.24. The van der Waals surface area contributed by atoms with Crippen LogP contribution in [-0.4, -0.2) is 13.2 Å². The molecule has 0 heterocycles. The molecule has 0 aliphatic rings. The summed E-state index contributed by atoms with van der Waals surface area (Å²) in [4.78, 5) is 0. The maximum atomic E-state index is 5.72. The average Bonchev–Trinajstić information content (AvgIpc) is 2.56. The lowest BCUT2D eigenvalue weighted by Crippen LogP contribution is -1.99. The van der Waals surface area contributed by atoms with Crippen molar-refractivity contribution in [1.82, 2.24) is 0 Å². The Hall–Kier alpha value is -1.43. The first-order valence-electron chi connectivity index (χ1n) is 8.11. The summed E-state index contributed by atoms with van der Waals surface area (Å²) >= 11 is 2.30. The zero-order chi connectivity index (χ0) is 16.3. The summed E-state index contributed by atoms with van der Waals surface area (Å²) in [7, 11) is 0. The fourth-order valence-corrected chi connectivity index (χ4v) is 2.57. The molecule has 2 aromatic carbocycles. The first kappa shape index (κ1) is 17.9. The molecule has 124 valence electrons. The van der Waals surface area contributed by atoms with Gasteiger partial charge in [-0.1, -0.05) is 19.3 Å². The van der Waals surface area contributed by atoms with E-state index in [1.807, 2.05) is 36.4 Å². The number of benzene rings is 2. The van der Waals surface area contributed by atoms with Crippen LogP contribution in [0.3, 0.4) is 0 Å². The van der Waals surface area contributed by atoms with Crippen molar-refractivity contribution >= 4 is 28.3 Å². The molecule has 0 atom stereocenters. The van der Waals surface area contributed by atoms with Gasteiger partial charge in [-0.25, -0.2) is 0 Å². The maximum absolute atomic E-state index is 5.72. The summed E-state index contributed by atoms with van der Waals surface area (Å²) in [6.07, 6.45) is 5.80. The van der Waals surface area contributed by atoms with Gasteiger partial charge in [-0.3, -0.25) is 0 Å². The Labute approximate surface area is 152 Å². The summed E-state index contributed by atoms with van der Waals surface area (Å²) in [6, 6.07) is 15.7. The van der Waals surface area contributed by atoms with Crippen LogP contribution in [0.15, 0.2) is 48.5 Å². The Morgan fingerprint density at radius 1 is 0.652 bits per heavy atom. The molecule has 2 N–H and O–H groups in total. The normalized spacial score (nSPS) is 10.5. The van der Waals surface area contributed by atoms with Gasteiger partial charge in [0, 0.05) is 9.26 Å². The molecular formula is C19H24INO2. The first-order valence-corrected chi connectivity index (χ1v) is 9.18. The Bertz CT molecular complexity index is 503. The maximum Gasteiger partial charge on any atom is 0.119 e. The van der Waals surface area contributed by atoms with E-state index in [2.05, 4.69) is 34.7 Å². The van der Waals surface area contributed by atoms with E-state index in [-0.39, 0.29) is 0 Å². The molecule has 0 unspecified atom stereocenters. The lowest BCUT2D eigenvalue weighted by molar-refractivity contribution is 0.293. The monoisotopic (exact) mass is 425 g/mol. The highest BCUT2D eigenvalue weighted by molar-refractivity contribution is 14.1. The zero-order valence-corrected chi connectivity index (χ0v) is 15.5. The smallest absolute Gasteiger partial charge is 0.119 e. The molecule has 2 aromatic rings. The largest absolute Gasteiger partial charge is 0.494 e. The van der Waals surface area contributed by atoms with Crippen molar-refractivity contribution < 1.29 is 9.47 Å². The molecule has 0 saturated heterocycles. The van der Waals surface area contributed by atoms with Crippen molar-refractivity contribution in [3.63, 3.8) is 0 Å². The van der Waals surface area contributed by atoms with E-state index in [0.717, 1.165) is 43.2 Å². The number of halogens is 1.